The lowest BCUT2D eigenvalue weighted by molar-refractivity contribution is 0.511. The van der Waals surface area contributed by atoms with Gasteiger partial charge in [0.2, 0.25) is 0 Å². The molecule has 0 spiro atoms. The lowest BCUT2D eigenvalue weighted by Gasteiger charge is -2.16. The molecule has 19 heavy (non-hydrogen) atoms. The first-order chi connectivity index (χ1) is 9.19. The molecule has 0 saturated carbocycles. The minimum absolute atomic E-state index is 0.236. The van der Waals surface area contributed by atoms with Gasteiger partial charge in [-0.1, -0.05) is 30.7 Å². The van der Waals surface area contributed by atoms with Crippen molar-refractivity contribution in [2.45, 2.75) is 25.8 Å². The molecule has 0 bridgehead atoms. The van der Waals surface area contributed by atoms with E-state index in [1.54, 1.807) is 0 Å². The lowest BCUT2D eigenvalue weighted by atomic mass is 10.0. The Bertz CT molecular complexity index is 522. The SMILES string of the molecule is CCCNC(Cc1cccc(Cl)c1)c1ccn(C)n1. The zero-order chi connectivity index (χ0) is 13.7. The van der Waals surface area contributed by atoms with Crippen molar-refractivity contribution in [3.63, 3.8) is 0 Å². The van der Waals surface area contributed by atoms with Gasteiger partial charge in [0.25, 0.3) is 0 Å². The largest absolute Gasteiger partial charge is 0.308 e. The van der Waals surface area contributed by atoms with E-state index in [0.717, 1.165) is 30.1 Å². The standard InChI is InChI=1S/C15H20ClN3/c1-3-8-17-15(14-7-9-19(2)18-14)11-12-5-4-6-13(16)10-12/h4-7,9-10,15,17H,3,8,11H2,1-2H3. The minimum atomic E-state index is 0.236. The van der Waals surface area contributed by atoms with E-state index in [0.29, 0.717) is 0 Å². The first kappa shape index (κ1) is 14.1. The number of rotatable bonds is 6. The highest BCUT2D eigenvalue weighted by atomic mass is 35.5. The van der Waals surface area contributed by atoms with Crippen LogP contribution in [-0.4, -0.2) is 16.3 Å². The van der Waals surface area contributed by atoms with Crippen LogP contribution >= 0.6 is 11.6 Å². The molecule has 2 aromatic rings. The topological polar surface area (TPSA) is 29.9 Å². The van der Waals surface area contributed by atoms with E-state index >= 15 is 0 Å². The second-order valence-corrected chi connectivity index (χ2v) is 5.19. The Hall–Kier alpha value is -1.32. The van der Waals surface area contributed by atoms with Crippen molar-refractivity contribution in [3.8, 4) is 0 Å². The molecular weight excluding hydrogens is 258 g/mol. The molecule has 0 radical (unpaired) electrons. The zero-order valence-corrected chi connectivity index (χ0v) is 12.2. The van der Waals surface area contributed by atoms with E-state index in [1.807, 2.05) is 36.1 Å². The third-order valence-corrected chi connectivity index (χ3v) is 3.30. The average Bonchev–Trinajstić information content (AvgIpc) is 2.81. The van der Waals surface area contributed by atoms with E-state index in [9.17, 15) is 0 Å². The van der Waals surface area contributed by atoms with E-state index in [-0.39, 0.29) is 6.04 Å². The van der Waals surface area contributed by atoms with Crippen LogP contribution in [0.2, 0.25) is 5.02 Å². The maximum atomic E-state index is 6.04. The molecule has 0 aliphatic heterocycles. The molecule has 0 aliphatic carbocycles. The maximum Gasteiger partial charge on any atom is 0.0797 e. The van der Waals surface area contributed by atoms with Crippen LogP contribution in [0.25, 0.3) is 0 Å². The van der Waals surface area contributed by atoms with Crippen molar-refractivity contribution < 1.29 is 0 Å². The number of halogens is 1. The molecule has 4 heteroatoms. The fourth-order valence-corrected chi connectivity index (χ4v) is 2.33. The molecule has 3 nitrogen and oxygen atoms in total. The number of hydrogen-bond acceptors (Lipinski definition) is 2. The zero-order valence-electron chi connectivity index (χ0n) is 11.4. The van der Waals surface area contributed by atoms with E-state index in [1.165, 1.54) is 5.56 Å². The Morgan fingerprint density at radius 2 is 2.21 bits per heavy atom. The van der Waals surface area contributed by atoms with Gasteiger partial charge in [0.1, 0.15) is 0 Å². The number of aromatic nitrogens is 2. The Morgan fingerprint density at radius 1 is 1.37 bits per heavy atom. The first-order valence-corrected chi connectivity index (χ1v) is 7.04. The van der Waals surface area contributed by atoms with Crippen LogP contribution in [-0.2, 0) is 13.5 Å². The van der Waals surface area contributed by atoms with Gasteiger partial charge >= 0.3 is 0 Å². The van der Waals surface area contributed by atoms with E-state index in [2.05, 4.69) is 29.5 Å². The lowest BCUT2D eigenvalue weighted by Crippen LogP contribution is -2.24. The van der Waals surface area contributed by atoms with Gasteiger partial charge in [-0.25, -0.2) is 0 Å². The molecule has 1 heterocycles. The second-order valence-electron chi connectivity index (χ2n) is 4.76. The van der Waals surface area contributed by atoms with Crippen LogP contribution in [0.15, 0.2) is 36.5 Å². The Labute approximate surface area is 119 Å². The quantitative estimate of drug-likeness (QED) is 0.877. The van der Waals surface area contributed by atoms with Gasteiger partial charge in [0.15, 0.2) is 0 Å². The van der Waals surface area contributed by atoms with Crippen LogP contribution in [0.1, 0.15) is 30.6 Å². The highest BCUT2D eigenvalue weighted by Gasteiger charge is 2.14. The smallest absolute Gasteiger partial charge is 0.0797 e. The minimum Gasteiger partial charge on any atom is -0.308 e. The van der Waals surface area contributed by atoms with Crippen LogP contribution in [0.5, 0.6) is 0 Å². The highest BCUT2D eigenvalue weighted by molar-refractivity contribution is 6.30. The second kappa shape index (κ2) is 6.73. The molecule has 2 rings (SSSR count). The maximum absolute atomic E-state index is 6.04. The van der Waals surface area contributed by atoms with Crippen LogP contribution in [0.4, 0.5) is 0 Å². The summed E-state index contributed by atoms with van der Waals surface area (Å²) in [6.45, 7) is 3.16. The number of aryl methyl sites for hydroxylation is 1. The molecular formula is C15H20ClN3. The Kier molecular flexibility index (Phi) is 5.00. The summed E-state index contributed by atoms with van der Waals surface area (Å²) in [5, 5.41) is 8.84. The molecule has 1 aromatic carbocycles. The molecule has 1 atom stereocenters. The number of benzene rings is 1. The van der Waals surface area contributed by atoms with Crippen LogP contribution in [0.3, 0.4) is 0 Å². The van der Waals surface area contributed by atoms with Crippen molar-refractivity contribution in [1.29, 1.82) is 0 Å². The van der Waals surface area contributed by atoms with Crippen molar-refractivity contribution in [1.82, 2.24) is 15.1 Å². The Balaban J connectivity index is 2.13. The molecule has 1 unspecified atom stereocenters. The van der Waals surface area contributed by atoms with Gasteiger partial charge in [0.05, 0.1) is 11.7 Å². The normalized spacial score (nSPS) is 12.6. The molecule has 0 aliphatic rings. The third kappa shape index (κ3) is 4.08. The van der Waals surface area contributed by atoms with Gasteiger partial charge in [-0.2, -0.15) is 5.10 Å². The van der Waals surface area contributed by atoms with Crippen molar-refractivity contribution in [2.24, 2.45) is 7.05 Å². The van der Waals surface area contributed by atoms with E-state index in [4.69, 9.17) is 11.6 Å². The molecule has 0 saturated heterocycles. The van der Waals surface area contributed by atoms with Gasteiger partial charge in [0, 0.05) is 18.3 Å². The summed E-state index contributed by atoms with van der Waals surface area (Å²) >= 11 is 6.04. The molecule has 1 aromatic heterocycles. The molecule has 0 fully saturated rings. The highest BCUT2D eigenvalue weighted by Crippen LogP contribution is 2.19. The molecule has 102 valence electrons. The fourth-order valence-electron chi connectivity index (χ4n) is 2.12. The molecule has 0 amide bonds. The van der Waals surface area contributed by atoms with Gasteiger partial charge in [-0.15, -0.1) is 0 Å². The average molecular weight is 278 g/mol. The van der Waals surface area contributed by atoms with Gasteiger partial charge in [-0.05, 0) is 43.1 Å². The summed E-state index contributed by atoms with van der Waals surface area (Å²) in [4.78, 5) is 0. The van der Waals surface area contributed by atoms with Gasteiger partial charge < -0.3 is 5.32 Å². The third-order valence-electron chi connectivity index (χ3n) is 3.06. The summed E-state index contributed by atoms with van der Waals surface area (Å²) in [5.41, 5.74) is 2.31. The van der Waals surface area contributed by atoms with Crippen molar-refractivity contribution in [2.75, 3.05) is 6.54 Å². The summed E-state index contributed by atoms with van der Waals surface area (Å²) in [6.07, 6.45) is 3.99. The predicted octanol–water partition coefficient (Wildman–Crippen LogP) is 3.36. The van der Waals surface area contributed by atoms with Crippen LogP contribution in [0, 0.1) is 0 Å². The first-order valence-electron chi connectivity index (χ1n) is 6.66. The predicted molar refractivity (Wildman–Crippen MR) is 79.4 cm³/mol. The van der Waals surface area contributed by atoms with Crippen molar-refractivity contribution >= 4 is 11.6 Å². The number of nitrogens with zero attached hydrogens (tertiary/aromatic N) is 2. The van der Waals surface area contributed by atoms with Crippen molar-refractivity contribution in [3.05, 3.63) is 52.8 Å². The van der Waals surface area contributed by atoms with Gasteiger partial charge in [-0.3, -0.25) is 4.68 Å². The summed E-state index contributed by atoms with van der Waals surface area (Å²) in [6, 6.07) is 10.3. The summed E-state index contributed by atoms with van der Waals surface area (Å²) < 4.78 is 1.84. The number of hydrogen-bond donors (Lipinski definition) is 1. The monoisotopic (exact) mass is 277 g/mol. The molecule has 1 N–H and O–H groups in total. The number of nitrogens with one attached hydrogen (secondary N) is 1. The summed E-state index contributed by atoms with van der Waals surface area (Å²) in [5.74, 6) is 0. The van der Waals surface area contributed by atoms with E-state index < -0.39 is 0 Å². The summed E-state index contributed by atoms with van der Waals surface area (Å²) in [7, 11) is 1.94. The fraction of sp³-hybridized carbons (Fsp3) is 0.400. The van der Waals surface area contributed by atoms with Crippen LogP contribution < -0.4 is 5.32 Å². The Morgan fingerprint density at radius 3 is 2.84 bits per heavy atom.